The number of nitrogens with one attached hydrogen (secondary N) is 1. The van der Waals surface area contributed by atoms with Gasteiger partial charge in [0.15, 0.2) is 0 Å². The molecule has 132 valence electrons. The highest BCUT2D eigenvalue weighted by molar-refractivity contribution is 5.92. The summed E-state index contributed by atoms with van der Waals surface area (Å²) in [6.45, 7) is 4.88. The number of aromatic nitrogens is 2. The van der Waals surface area contributed by atoms with Crippen LogP contribution in [0, 0.1) is 0 Å². The lowest BCUT2D eigenvalue weighted by Crippen LogP contribution is -2.36. The van der Waals surface area contributed by atoms with Crippen LogP contribution in [0.2, 0.25) is 0 Å². The molecule has 2 aromatic rings. The Morgan fingerprint density at radius 1 is 1.16 bits per heavy atom. The van der Waals surface area contributed by atoms with Gasteiger partial charge in [-0.25, -0.2) is 4.98 Å². The van der Waals surface area contributed by atoms with Crippen LogP contribution in [0.15, 0.2) is 48.9 Å². The van der Waals surface area contributed by atoms with Gasteiger partial charge < -0.3 is 10.2 Å². The maximum Gasteiger partial charge on any atom is 0.274 e. The molecule has 0 saturated heterocycles. The average Bonchev–Trinajstić information content (AvgIpc) is 2.66. The zero-order chi connectivity index (χ0) is 18.1. The maximum atomic E-state index is 12.5. The normalized spacial score (nSPS) is 11.6. The number of hydrogen-bond acceptors (Lipinski definition) is 4. The van der Waals surface area contributed by atoms with E-state index in [1.54, 1.807) is 4.90 Å². The number of amides is 2. The molecule has 0 radical (unpaired) electrons. The first kappa shape index (κ1) is 18.6. The Morgan fingerprint density at radius 2 is 1.92 bits per heavy atom. The van der Waals surface area contributed by atoms with E-state index in [9.17, 15) is 9.59 Å². The van der Waals surface area contributed by atoms with Crippen molar-refractivity contribution in [2.24, 2.45) is 0 Å². The van der Waals surface area contributed by atoms with Crippen molar-refractivity contribution in [3.8, 4) is 0 Å². The van der Waals surface area contributed by atoms with Gasteiger partial charge in [-0.2, -0.15) is 0 Å². The van der Waals surface area contributed by atoms with Crippen molar-refractivity contribution < 1.29 is 9.59 Å². The maximum absolute atomic E-state index is 12.5. The van der Waals surface area contributed by atoms with E-state index in [1.165, 1.54) is 18.6 Å². The first-order valence-corrected chi connectivity index (χ1v) is 8.51. The second-order valence-electron chi connectivity index (χ2n) is 5.83. The van der Waals surface area contributed by atoms with E-state index in [1.807, 2.05) is 44.2 Å². The largest absolute Gasteiger partial charge is 0.350 e. The summed E-state index contributed by atoms with van der Waals surface area (Å²) in [5.74, 6) is -0.275. The Balaban J connectivity index is 1.90. The van der Waals surface area contributed by atoms with Crippen molar-refractivity contribution >= 4 is 11.8 Å². The van der Waals surface area contributed by atoms with Crippen molar-refractivity contribution in [1.29, 1.82) is 0 Å². The van der Waals surface area contributed by atoms with Crippen molar-refractivity contribution in [1.82, 2.24) is 20.2 Å². The molecule has 6 nitrogen and oxygen atoms in total. The van der Waals surface area contributed by atoms with Gasteiger partial charge in [0.05, 0.1) is 12.2 Å². The molecule has 6 heteroatoms. The van der Waals surface area contributed by atoms with Crippen LogP contribution < -0.4 is 5.32 Å². The summed E-state index contributed by atoms with van der Waals surface area (Å²) in [6.07, 6.45) is 5.53. The van der Waals surface area contributed by atoms with Crippen molar-refractivity contribution in [3.63, 3.8) is 0 Å². The molecule has 0 fully saturated rings. The fourth-order valence-corrected chi connectivity index (χ4v) is 2.53. The Kier molecular flexibility index (Phi) is 7.07. The Hall–Kier alpha value is -2.76. The predicted molar refractivity (Wildman–Crippen MR) is 95.8 cm³/mol. The SMILES string of the molecule is CCCN(CCC(=O)NC(C)c1ccccc1)C(=O)c1cnccn1. The van der Waals surface area contributed by atoms with Crippen LogP contribution in [-0.2, 0) is 4.79 Å². The van der Waals surface area contributed by atoms with Crippen LogP contribution in [0.25, 0.3) is 0 Å². The quantitative estimate of drug-likeness (QED) is 0.801. The van der Waals surface area contributed by atoms with Gasteiger partial charge in [-0.1, -0.05) is 37.3 Å². The molecule has 0 aliphatic carbocycles. The lowest BCUT2D eigenvalue weighted by Gasteiger charge is -2.22. The highest BCUT2D eigenvalue weighted by atomic mass is 16.2. The van der Waals surface area contributed by atoms with E-state index in [4.69, 9.17) is 0 Å². The van der Waals surface area contributed by atoms with Gasteiger partial charge >= 0.3 is 0 Å². The molecule has 1 atom stereocenters. The van der Waals surface area contributed by atoms with Crippen LogP contribution in [0.5, 0.6) is 0 Å². The first-order chi connectivity index (χ1) is 12.1. The molecule has 0 bridgehead atoms. The summed E-state index contributed by atoms with van der Waals surface area (Å²) in [5.41, 5.74) is 1.35. The van der Waals surface area contributed by atoms with Crippen LogP contribution in [0.4, 0.5) is 0 Å². The van der Waals surface area contributed by atoms with E-state index in [-0.39, 0.29) is 24.3 Å². The van der Waals surface area contributed by atoms with Gasteiger partial charge in [-0.15, -0.1) is 0 Å². The smallest absolute Gasteiger partial charge is 0.274 e. The molecule has 25 heavy (non-hydrogen) atoms. The Morgan fingerprint density at radius 3 is 2.56 bits per heavy atom. The molecule has 1 aromatic heterocycles. The van der Waals surface area contributed by atoms with E-state index >= 15 is 0 Å². The third kappa shape index (κ3) is 5.67. The highest BCUT2D eigenvalue weighted by Gasteiger charge is 2.18. The Labute approximate surface area is 148 Å². The van der Waals surface area contributed by atoms with Crippen molar-refractivity contribution in [3.05, 3.63) is 60.2 Å². The highest BCUT2D eigenvalue weighted by Crippen LogP contribution is 2.11. The van der Waals surface area contributed by atoms with Gasteiger partial charge in [0.1, 0.15) is 5.69 Å². The van der Waals surface area contributed by atoms with Crippen LogP contribution in [0.1, 0.15) is 48.8 Å². The zero-order valence-electron chi connectivity index (χ0n) is 14.7. The lowest BCUT2D eigenvalue weighted by atomic mass is 10.1. The van der Waals surface area contributed by atoms with E-state index in [0.29, 0.717) is 18.8 Å². The topological polar surface area (TPSA) is 75.2 Å². The summed E-state index contributed by atoms with van der Waals surface area (Å²) in [6, 6.07) is 9.72. The average molecular weight is 340 g/mol. The third-order valence-corrected chi connectivity index (χ3v) is 3.85. The molecule has 0 aliphatic heterocycles. The molecule has 2 rings (SSSR count). The van der Waals surface area contributed by atoms with Gasteiger partial charge in [-0.3, -0.25) is 14.6 Å². The molecular formula is C19H24N4O2. The number of carbonyl (C=O) groups excluding carboxylic acids is 2. The van der Waals surface area contributed by atoms with Gasteiger partial charge in [0.2, 0.25) is 5.91 Å². The van der Waals surface area contributed by atoms with Crippen molar-refractivity contribution in [2.45, 2.75) is 32.7 Å². The summed E-state index contributed by atoms with van der Waals surface area (Å²) >= 11 is 0. The number of hydrogen-bond donors (Lipinski definition) is 1. The minimum absolute atomic E-state index is 0.0657. The fraction of sp³-hybridized carbons (Fsp3) is 0.368. The summed E-state index contributed by atoms with van der Waals surface area (Å²) < 4.78 is 0. The number of rotatable bonds is 8. The first-order valence-electron chi connectivity index (χ1n) is 8.51. The molecule has 0 spiro atoms. The molecule has 0 aliphatic rings. The fourth-order valence-electron chi connectivity index (χ4n) is 2.53. The second-order valence-corrected chi connectivity index (χ2v) is 5.83. The summed E-state index contributed by atoms with van der Waals surface area (Å²) in [7, 11) is 0. The number of benzene rings is 1. The predicted octanol–water partition coefficient (Wildman–Crippen LogP) is 2.60. The lowest BCUT2D eigenvalue weighted by molar-refractivity contribution is -0.121. The minimum Gasteiger partial charge on any atom is -0.350 e. The zero-order valence-corrected chi connectivity index (χ0v) is 14.7. The third-order valence-electron chi connectivity index (χ3n) is 3.85. The molecule has 1 unspecified atom stereocenters. The second kappa shape index (κ2) is 9.52. The van der Waals surface area contributed by atoms with Crippen LogP contribution >= 0.6 is 0 Å². The van der Waals surface area contributed by atoms with Crippen LogP contribution in [-0.4, -0.2) is 39.8 Å². The van der Waals surface area contributed by atoms with E-state index < -0.39 is 0 Å². The molecule has 0 saturated carbocycles. The van der Waals surface area contributed by atoms with E-state index in [2.05, 4.69) is 15.3 Å². The van der Waals surface area contributed by atoms with Gasteiger partial charge in [0.25, 0.3) is 5.91 Å². The number of nitrogens with zero attached hydrogens (tertiary/aromatic N) is 3. The summed E-state index contributed by atoms with van der Waals surface area (Å²) in [5, 5.41) is 2.97. The van der Waals surface area contributed by atoms with Crippen LogP contribution in [0.3, 0.4) is 0 Å². The molecule has 1 aromatic carbocycles. The minimum atomic E-state index is -0.196. The monoisotopic (exact) mass is 340 g/mol. The summed E-state index contributed by atoms with van der Waals surface area (Å²) in [4.78, 5) is 34.3. The molecule has 1 N–H and O–H groups in total. The number of carbonyl (C=O) groups is 2. The Bertz CT molecular complexity index is 676. The van der Waals surface area contributed by atoms with E-state index in [0.717, 1.165) is 12.0 Å². The molecule has 2 amide bonds. The van der Waals surface area contributed by atoms with Gasteiger partial charge in [-0.05, 0) is 18.9 Å². The van der Waals surface area contributed by atoms with Crippen molar-refractivity contribution in [2.75, 3.05) is 13.1 Å². The van der Waals surface area contributed by atoms with Gasteiger partial charge in [0, 0.05) is 31.9 Å². The standard InChI is InChI=1S/C19H24N4O2/c1-3-12-23(19(25)17-14-20-10-11-21-17)13-9-18(24)22-15(2)16-7-5-4-6-8-16/h4-8,10-11,14-15H,3,9,12-13H2,1-2H3,(H,22,24). The molecule has 1 heterocycles. The molecular weight excluding hydrogens is 316 g/mol.